The molecule has 8 nitrogen and oxygen atoms in total. The molecule has 0 aromatic carbocycles. The highest BCUT2D eigenvalue weighted by Gasteiger charge is 2.31. The normalized spacial score (nSPS) is 23.5. The molecule has 3 rings (SSSR count). The fourth-order valence-corrected chi connectivity index (χ4v) is 3.89. The number of piperazine rings is 1. The molecule has 0 radical (unpaired) electrons. The number of likely N-dealkylation sites (N-methyl/N-ethyl adjacent to an activating group) is 1. The monoisotopic (exact) mass is 507 g/mol. The van der Waals surface area contributed by atoms with Gasteiger partial charge in [0, 0.05) is 52.9 Å². The van der Waals surface area contributed by atoms with E-state index in [0.717, 1.165) is 44.7 Å². The van der Waals surface area contributed by atoms with Crippen molar-refractivity contribution in [3.8, 4) is 0 Å². The summed E-state index contributed by atoms with van der Waals surface area (Å²) in [7, 11) is 3.49. The van der Waals surface area contributed by atoms with Crippen LogP contribution in [0.2, 0.25) is 0 Å². The molecule has 0 spiro atoms. The van der Waals surface area contributed by atoms with Crippen molar-refractivity contribution in [3.63, 3.8) is 0 Å². The Bertz CT molecular complexity index is 552. The average Bonchev–Trinajstić information content (AvgIpc) is 3.38. The van der Waals surface area contributed by atoms with Gasteiger partial charge in [-0.25, -0.2) is 4.99 Å². The van der Waals surface area contributed by atoms with E-state index in [4.69, 9.17) is 4.74 Å². The molecule has 1 N–H and O–H groups in total. The van der Waals surface area contributed by atoms with Crippen molar-refractivity contribution >= 4 is 41.8 Å². The molecule has 160 valence electrons. The van der Waals surface area contributed by atoms with Crippen LogP contribution < -0.4 is 5.32 Å². The van der Waals surface area contributed by atoms with E-state index in [-0.39, 0.29) is 48.4 Å². The second-order valence-corrected chi connectivity index (χ2v) is 7.87. The highest BCUT2D eigenvalue weighted by atomic mass is 127. The number of hydrogen-bond donors (Lipinski definition) is 1. The largest absolute Gasteiger partial charge is 0.368 e. The van der Waals surface area contributed by atoms with Gasteiger partial charge in [0.1, 0.15) is 12.6 Å². The van der Waals surface area contributed by atoms with Gasteiger partial charge in [0.2, 0.25) is 5.91 Å². The second-order valence-electron chi connectivity index (χ2n) is 7.87. The Morgan fingerprint density at radius 1 is 1.04 bits per heavy atom. The van der Waals surface area contributed by atoms with Crippen LogP contribution in [0.4, 0.5) is 0 Å². The van der Waals surface area contributed by atoms with E-state index >= 15 is 0 Å². The highest BCUT2D eigenvalue weighted by Crippen LogP contribution is 2.19. The molecule has 2 aliphatic heterocycles. The molecule has 2 amide bonds. The van der Waals surface area contributed by atoms with Crippen LogP contribution in [0, 0.1) is 0 Å². The first-order valence-corrected chi connectivity index (χ1v) is 10.2. The van der Waals surface area contributed by atoms with Gasteiger partial charge in [-0.15, -0.1) is 24.0 Å². The lowest BCUT2D eigenvalue weighted by Crippen LogP contribution is -2.56. The van der Waals surface area contributed by atoms with Crippen molar-refractivity contribution in [3.05, 3.63) is 0 Å². The molecule has 0 aromatic heterocycles. The van der Waals surface area contributed by atoms with Crippen LogP contribution in [0.5, 0.6) is 0 Å². The maximum absolute atomic E-state index is 12.5. The van der Waals surface area contributed by atoms with Gasteiger partial charge in [-0.05, 0) is 25.7 Å². The van der Waals surface area contributed by atoms with Crippen LogP contribution in [0.3, 0.4) is 0 Å². The minimum Gasteiger partial charge on any atom is -0.368 e. The van der Waals surface area contributed by atoms with Gasteiger partial charge in [0.15, 0.2) is 5.96 Å². The fraction of sp³-hybridized carbons (Fsp3) is 0.842. The number of halogens is 1. The number of hydrogen-bond acceptors (Lipinski definition) is 4. The van der Waals surface area contributed by atoms with Gasteiger partial charge >= 0.3 is 0 Å². The number of carbonyl (C=O) groups is 2. The Morgan fingerprint density at radius 3 is 2.25 bits per heavy atom. The molecule has 2 heterocycles. The van der Waals surface area contributed by atoms with E-state index in [9.17, 15) is 9.59 Å². The molecule has 0 aromatic rings. The average molecular weight is 507 g/mol. The van der Waals surface area contributed by atoms with Crippen LogP contribution in [-0.4, -0.2) is 98.0 Å². The van der Waals surface area contributed by atoms with Gasteiger partial charge in [-0.3, -0.25) is 9.59 Å². The quantitative estimate of drug-likeness (QED) is 0.348. The van der Waals surface area contributed by atoms with Crippen LogP contribution in [0.1, 0.15) is 38.5 Å². The van der Waals surface area contributed by atoms with E-state index < -0.39 is 0 Å². The molecule has 1 unspecified atom stereocenters. The van der Waals surface area contributed by atoms with E-state index in [1.807, 2.05) is 4.90 Å². The maximum Gasteiger partial charge on any atom is 0.251 e. The van der Waals surface area contributed by atoms with Crippen LogP contribution in [-0.2, 0) is 14.3 Å². The molecule has 0 bridgehead atoms. The van der Waals surface area contributed by atoms with Crippen molar-refractivity contribution < 1.29 is 14.3 Å². The van der Waals surface area contributed by atoms with Gasteiger partial charge in [0.25, 0.3) is 5.91 Å². The Morgan fingerprint density at radius 2 is 1.68 bits per heavy atom. The van der Waals surface area contributed by atoms with Crippen molar-refractivity contribution in [2.75, 3.05) is 53.4 Å². The highest BCUT2D eigenvalue weighted by molar-refractivity contribution is 14.0. The minimum atomic E-state index is -0.251. The van der Waals surface area contributed by atoms with Crippen molar-refractivity contribution in [2.24, 2.45) is 4.99 Å². The van der Waals surface area contributed by atoms with E-state index in [2.05, 4.69) is 15.2 Å². The lowest BCUT2D eigenvalue weighted by Gasteiger charge is -2.38. The van der Waals surface area contributed by atoms with E-state index in [1.54, 1.807) is 19.0 Å². The molecule has 3 aliphatic rings. The molecular weight excluding hydrogens is 473 g/mol. The predicted octanol–water partition coefficient (Wildman–Crippen LogP) is 0.904. The summed E-state index contributed by atoms with van der Waals surface area (Å²) in [6.07, 6.45) is 6.34. The summed E-state index contributed by atoms with van der Waals surface area (Å²) in [5.74, 6) is 0.923. The molecule has 1 atom stereocenters. The number of guanidine groups is 1. The molecule has 1 aliphatic carbocycles. The van der Waals surface area contributed by atoms with Crippen molar-refractivity contribution in [2.45, 2.75) is 50.7 Å². The maximum atomic E-state index is 12.5. The van der Waals surface area contributed by atoms with E-state index in [0.29, 0.717) is 25.7 Å². The van der Waals surface area contributed by atoms with Gasteiger partial charge < -0.3 is 24.8 Å². The first-order valence-electron chi connectivity index (χ1n) is 10.2. The second kappa shape index (κ2) is 11.2. The fourth-order valence-electron chi connectivity index (χ4n) is 3.89. The number of amides is 2. The smallest absolute Gasteiger partial charge is 0.251 e. The minimum absolute atomic E-state index is 0. The van der Waals surface area contributed by atoms with Gasteiger partial charge in [-0.1, -0.05) is 12.8 Å². The zero-order valence-corrected chi connectivity index (χ0v) is 19.4. The van der Waals surface area contributed by atoms with E-state index in [1.165, 1.54) is 12.8 Å². The summed E-state index contributed by atoms with van der Waals surface area (Å²) < 4.78 is 5.54. The van der Waals surface area contributed by atoms with Gasteiger partial charge in [0.05, 0.1) is 0 Å². The summed E-state index contributed by atoms with van der Waals surface area (Å²) in [6.45, 7) is 3.65. The Kier molecular flexibility index (Phi) is 9.26. The third-order valence-corrected chi connectivity index (χ3v) is 5.65. The zero-order valence-electron chi connectivity index (χ0n) is 17.1. The predicted molar refractivity (Wildman–Crippen MR) is 119 cm³/mol. The standard InChI is InChI=1S/C19H33N5O3.HI/c1-22(2)17(25)14-20-19(21-15-6-3-4-7-15)24-11-9-23(10-12-24)18(26)16-8-5-13-27-16;/h15-16H,3-14H2,1-2H3,(H,20,21);1H. The first kappa shape index (κ1) is 23.2. The number of rotatable bonds is 4. The number of nitrogens with zero attached hydrogens (tertiary/aromatic N) is 4. The summed E-state index contributed by atoms with van der Waals surface area (Å²) in [4.78, 5) is 34.7. The number of ether oxygens (including phenoxy) is 1. The molecule has 2 saturated heterocycles. The third kappa shape index (κ3) is 6.20. The number of aliphatic imine (C=N–C) groups is 1. The molecule has 28 heavy (non-hydrogen) atoms. The summed E-state index contributed by atoms with van der Waals surface area (Å²) in [6, 6.07) is 0.435. The Hall–Kier alpha value is -1.10. The SMILES string of the molecule is CN(C)C(=O)CN=C(NC1CCCC1)N1CCN(C(=O)C2CCCO2)CC1.I. The molecule has 1 saturated carbocycles. The van der Waals surface area contributed by atoms with Crippen LogP contribution >= 0.6 is 24.0 Å². The molecule has 3 fully saturated rings. The number of nitrogens with one attached hydrogen (secondary N) is 1. The van der Waals surface area contributed by atoms with Crippen LogP contribution in [0.25, 0.3) is 0 Å². The van der Waals surface area contributed by atoms with Gasteiger partial charge in [-0.2, -0.15) is 0 Å². The Labute approximate surface area is 185 Å². The summed E-state index contributed by atoms with van der Waals surface area (Å²) in [5.41, 5.74) is 0. The van der Waals surface area contributed by atoms with Crippen molar-refractivity contribution in [1.29, 1.82) is 0 Å². The summed E-state index contributed by atoms with van der Waals surface area (Å²) >= 11 is 0. The first-order chi connectivity index (χ1) is 13.0. The van der Waals surface area contributed by atoms with Crippen LogP contribution in [0.15, 0.2) is 4.99 Å². The lowest BCUT2D eigenvalue weighted by atomic mass is 10.2. The zero-order chi connectivity index (χ0) is 19.2. The third-order valence-electron chi connectivity index (χ3n) is 5.65. The number of carbonyl (C=O) groups excluding carboxylic acids is 2. The Balaban J connectivity index is 0.00000280. The summed E-state index contributed by atoms with van der Waals surface area (Å²) in [5, 5.41) is 3.56. The molecular formula is C19H34IN5O3. The lowest BCUT2D eigenvalue weighted by molar-refractivity contribution is -0.142. The topological polar surface area (TPSA) is 77.5 Å². The van der Waals surface area contributed by atoms with Crippen molar-refractivity contribution in [1.82, 2.24) is 20.0 Å². The molecule has 9 heteroatoms.